The van der Waals surface area contributed by atoms with Crippen molar-refractivity contribution in [1.82, 2.24) is 10.6 Å². The van der Waals surface area contributed by atoms with Gasteiger partial charge < -0.3 is 16.0 Å². The Morgan fingerprint density at radius 1 is 1.00 bits per heavy atom. The summed E-state index contributed by atoms with van der Waals surface area (Å²) in [5.74, 6) is 0. The Hall–Kier alpha value is -2.48. The first-order chi connectivity index (χ1) is 13.4. The number of halogens is 2. The van der Waals surface area contributed by atoms with Gasteiger partial charge >= 0.3 is 12.1 Å². The van der Waals surface area contributed by atoms with Gasteiger partial charge in [0.05, 0.1) is 16.4 Å². The van der Waals surface area contributed by atoms with Gasteiger partial charge in [-0.05, 0) is 50.1 Å². The van der Waals surface area contributed by atoms with E-state index in [0.29, 0.717) is 52.4 Å². The van der Waals surface area contributed by atoms with Crippen LogP contribution >= 0.6 is 23.2 Å². The van der Waals surface area contributed by atoms with E-state index < -0.39 is 6.03 Å². The normalized spacial score (nSPS) is 10.3. The van der Waals surface area contributed by atoms with Gasteiger partial charge in [-0.2, -0.15) is 5.06 Å². The summed E-state index contributed by atoms with van der Waals surface area (Å²) >= 11 is 11.8. The average Bonchev–Trinajstić information content (AvgIpc) is 2.66. The average molecular weight is 425 g/mol. The second-order valence-electron chi connectivity index (χ2n) is 6.09. The zero-order valence-electron chi connectivity index (χ0n) is 15.3. The van der Waals surface area contributed by atoms with Crippen molar-refractivity contribution >= 4 is 46.6 Å². The molecule has 0 unspecified atom stereocenters. The third-order valence-corrected chi connectivity index (χ3v) is 4.36. The van der Waals surface area contributed by atoms with Crippen LogP contribution in [0.15, 0.2) is 42.5 Å². The van der Waals surface area contributed by atoms with E-state index in [0.717, 1.165) is 5.56 Å². The number of aryl methyl sites for hydroxylation is 1. The van der Waals surface area contributed by atoms with E-state index in [9.17, 15) is 14.8 Å². The second-order valence-corrected chi connectivity index (χ2v) is 6.94. The van der Waals surface area contributed by atoms with Gasteiger partial charge in [-0.1, -0.05) is 40.9 Å². The number of nitrogens with one attached hydrogen (secondary N) is 3. The van der Waals surface area contributed by atoms with Gasteiger partial charge in [0.1, 0.15) is 0 Å². The summed E-state index contributed by atoms with van der Waals surface area (Å²) in [5.41, 5.74) is 1.89. The van der Waals surface area contributed by atoms with Crippen molar-refractivity contribution in [3.8, 4) is 0 Å². The lowest BCUT2D eigenvalue weighted by Crippen LogP contribution is -2.38. The Balaban J connectivity index is 1.61. The summed E-state index contributed by atoms with van der Waals surface area (Å²) in [6.07, 6.45) is 1.29. The maximum Gasteiger partial charge on any atom is 0.345 e. The predicted molar refractivity (Wildman–Crippen MR) is 112 cm³/mol. The van der Waals surface area contributed by atoms with Crippen LogP contribution in [0.1, 0.15) is 18.4 Å². The van der Waals surface area contributed by atoms with Crippen LogP contribution in [0.3, 0.4) is 0 Å². The first-order valence-corrected chi connectivity index (χ1v) is 9.46. The van der Waals surface area contributed by atoms with Crippen molar-refractivity contribution in [3.63, 3.8) is 0 Å². The predicted octanol–water partition coefficient (Wildman–Crippen LogP) is 4.81. The van der Waals surface area contributed by atoms with Crippen LogP contribution in [0.25, 0.3) is 0 Å². The molecular formula is C19H22Cl2N4O3. The van der Waals surface area contributed by atoms with E-state index in [1.807, 2.05) is 6.92 Å². The van der Waals surface area contributed by atoms with Crippen LogP contribution in [0.2, 0.25) is 10.0 Å². The number of carbonyl (C=O) groups is 2. The molecule has 150 valence electrons. The molecule has 0 bridgehead atoms. The van der Waals surface area contributed by atoms with Crippen molar-refractivity contribution < 1.29 is 14.8 Å². The summed E-state index contributed by atoms with van der Waals surface area (Å²) in [7, 11) is 0. The van der Waals surface area contributed by atoms with Crippen molar-refractivity contribution in [1.29, 1.82) is 0 Å². The van der Waals surface area contributed by atoms with Crippen molar-refractivity contribution in [2.75, 3.05) is 23.5 Å². The topological polar surface area (TPSA) is 93.7 Å². The van der Waals surface area contributed by atoms with E-state index in [-0.39, 0.29) is 6.03 Å². The van der Waals surface area contributed by atoms with E-state index >= 15 is 0 Å². The summed E-state index contributed by atoms with van der Waals surface area (Å²) in [6.45, 7) is 2.71. The highest BCUT2D eigenvalue weighted by Gasteiger charge is 2.12. The monoisotopic (exact) mass is 424 g/mol. The first kappa shape index (κ1) is 21.8. The molecule has 2 aromatic rings. The minimum Gasteiger partial charge on any atom is -0.338 e. The number of benzene rings is 2. The molecule has 0 aromatic heterocycles. The number of hydrogen-bond acceptors (Lipinski definition) is 3. The van der Waals surface area contributed by atoms with Crippen LogP contribution in [-0.2, 0) is 0 Å². The van der Waals surface area contributed by atoms with Gasteiger partial charge in [-0.25, -0.2) is 9.59 Å². The molecule has 28 heavy (non-hydrogen) atoms. The molecule has 0 radical (unpaired) electrons. The Labute approximate surface area is 173 Å². The molecule has 4 amide bonds. The van der Waals surface area contributed by atoms with E-state index in [2.05, 4.69) is 16.0 Å². The zero-order valence-corrected chi connectivity index (χ0v) is 16.8. The van der Waals surface area contributed by atoms with Crippen molar-refractivity contribution in [2.24, 2.45) is 0 Å². The van der Waals surface area contributed by atoms with Gasteiger partial charge in [0, 0.05) is 18.1 Å². The third kappa shape index (κ3) is 6.92. The maximum absolute atomic E-state index is 11.9. The molecule has 4 N–H and O–H groups in total. The molecule has 2 rings (SSSR count). The van der Waals surface area contributed by atoms with Gasteiger partial charge in [0.25, 0.3) is 0 Å². The fraction of sp³-hybridized carbons (Fsp3) is 0.263. The highest BCUT2D eigenvalue weighted by molar-refractivity contribution is 6.36. The lowest BCUT2D eigenvalue weighted by molar-refractivity contribution is 0.204. The fourth-order valence-corrected chi connectivity index (χ4v) is 2.74. The minimum absolute atomic E-state index is 0.354. The van der Waals surface area contributed by atoms with Crippen molar-refractivity contribution in [2.45, 2.75) is 19.8 Å². The van der Waals surface area contributed by atoms with Crippen LogP contribution in [0.4, 0.5) is 21.0 Å². The van der Waals surface area contributed by atoms with Crippen LogP contribution < -0.4 is 21.0 Å². The summed E-state index contributed by atoms with van der Waals surface area (Å²) < 4.78 is 0. The Bertz CT molecular complexity index is 815. The van der Waals surface area contributed by atoms with Gasteiger partial charge in [0.15, 0.2) is 0 Å². The number of carbonyl (C=O) groups excluding carboxylic acids is 2. The van der Waals surface area contributed by atoms with Crippen LogP contribution in [0, 0.1) is 6.92 Å². The van der Waals surface area contributed by atoms with E-state index in [1.165, 1.54) is 0 Å². The van der Waals surface area contributed by atoms with Crippen LogP contribution in [0.5, 0.6) is 0 Å². The Morgan fingerprint density at radius 2 is 1.64 bits per heavy atom. The summed E-state index contributed by atoms with van der Waals surface area (Å²) in [5, 5.41) is 19.2. The third-order valence-electron chi connectivity index (χ3n) is 3.82. The number of amides is 4. The lowest BCUT2D eigenvalue weighted by atomic mass is 10.2. The smallest absolute Gasteiger partial charge is 0.338 e. The molecule has 0 aliphatic heterocycles. The minimum atomic E-state index is -0.605. The fourth-order valence-electron chi connectivity index (χ4n) is 2.28. The number of nitrogens with zero attached hydrogens (tertiary/aromatic N) is 1. The van der Waals surface area contributed by atoms with E-state index in [4.69, 9.17) is 23.2 Å². The van der Waals surface area contributed by atoms with Crippen molar-refractivity contribution in [3.05, 3.63) is 58.1 Å². The van der Waals surface area contributed by atoms with Gasteiger partial charge in [-0.15, -0.1) is 0 Å². The molecule has 0 aliphatic carbocycles. The molecule has 0 saturated heterocycles. The Morgan fingerprint density at radius 3 is 2.29 bits per heavy atom. The quantitative estimate of drug-likeness (QED) is 0.291. The Kier molecular flexibility index (Phi) is 8.38. The molecule has 0 aliphatic rings. The van der Waals surface area contributed by atoms with Crippen LogP contribution in [-0.4, -0.2) is 30.4 Å². The molecular weight excluding hydrogens is 403 g/mol. The molecule has 2 aromatic carbocycles. The molecule has 0 heterocycles. The molecule has 7 nitrogen and oxygen atoms in total. The maximum atomic E-state index is 11.9. The van der Waals surface area contributed by atoms with E-state index in [1.54, 1.807) is 42.5 Å². The largest absolute Gasteiger partial charge is 0.345 e. The molecule has 0 fully saturated rings. The van der Waals surface area contributed by atoms with Gasteiger partial charge in [-0.3, -0.25) is 5.21 Å². The molecule has 0 atom stereocenters. The SMILES string of the molecule is Cc1ccc(N(O)C(=O)NCCCCNC(=O)Nc2ccc(Cl)cc2Cl)cc1. The molecule has 0 saturated carbocycles. The zero-order chi connectivity index (χ0) is 20.5. The second kappa shape index (κ2) is 10.8. The molecule has 0 spiro atoms. The number of anilines is 2. The summed E-state index contributed by atoms with van der Waals surface area (Å²) in [6, 6.07) is 10.7. The first-order valence-electron chi connectivity index (χ1n) is 8.70. The summed E-state index contributed by atoms with van der Waals surface area (Å²) in [4.78, 5) is 23.7. The van der Waals surface area contributed by atoms with Gasteiger partial charge in [0.2, 0.25) is 0 Å². The highest BCUT2D eigenvalue weighted by Crippen LogP contribution is 2.25. The molecule has 9 heteroatoms. The highest BCUT2D eigenvalue weighted by atomic mass is 35.5. The number of hydrogen-bond donors (Lipinski definition) is 4. The standard InChI is InChI=1S/C19H22Cl2N4O3/c1-13-4-7-15(8-5-13)25(28)19(27)23-11-3-2-10-22-18(26)24-17-9-6-14(20)12-16(17)21/h4-9,12,28H,2-3,10-11H2,1H3,(H,23,27)(H2,22,24,26). The number of unbranched alkanes of at least 4 members (excludes halogenated alkanes) is 1. The number of rotatable bonds is 7. The number of urea groups is 2. The lowest BCUT2D eigenvalue weighted by Gasteiger charge is -2.16. The number of hydroxylamine groups is 1.